The lowest BCUT2D eigenvalue weighted by atomic mass is 9.90. The highest BCUT2D eigenvalue weighted by molar-refractivity contribution is 7.99. The minimum atomic E-state index is -0.409. The Hall–Kier alpha value is -0.440. The summed E-state index contributed by atoms with van der Waals surface area (Å²) in [4.78, 5) is 11.9. The zero-order valence-electron chi connectivity index (χ0n) is 9.84. The number of esters is 1. The van der Waals surface area contributed by atoms with Crippen molar-refractivity contribution in [2.24, 2.45) is 5.41 Å². The molecule has 86 valence electrons. The highest BCUT2D eigenvalue weighted by atomic mass is 32.2. The third kappa shape index (κ3) is 2.77. The van der Waals surface area contributed by atoms with E-state index in [2.05, 4.69) is 6.58 Å². The van der Waals surface area contributed by atoms with Gasteiger partial charge in [0, 0.05) is 12.2 Å². The van der Waals surface area contributed by atoms with Crippen LogP contribution < -0.4 is 0 Å². The third-order valence-electron chi connectivity index (χ3n) is 3.12. The normalized spacial score (nSPS) is 26.3. The molecule has 0 aliphatic carbocycles. The van der Waals surface area contributed by atoms with Crippen LogP contribution >= 0.6 is 11.8 Å². The average Bonchev–Trinajstić information content (AvgIpc) is 2.67. The standard InChI is InChI=1S/C12H20O2S/c1-5-11(3,4)10(13)14-12(6-2)7-8-15-9-12/h6H,2,5,7-9H2,1,3-4H3. The first-order chi connectivity index (χ1) is 6.96. The van der Waals surface area contributed by atoms with E-state index in [0.717, 1.165) is 24.3 Å². The maximum Gasteiger partial charge on any atom is 0.312 e. The van der Waals surface area contributed by atoms with E-state index in [4.69, 9.17) is 4.74 Å². The van der Waals surface area contributed by atoms with Gasteiger partial charge in [0.25, 0.3) is 0 Å². The molecule has 0 spiro atoms. The van der Waals surface area contributed by atoms with Crippen LogP contribution in [-0.4, -0.2) is 23.1 Å². The summed E-state index contributed by atoms with van der Waals surface area (Å²) in [6, 6.07) is 0. The lowest BCUT2D eigenvalue weighted by Gasteiger charge is -2.30. The number of carbonyl (C=O) groups excluding carboxylic acids is 1. The molecule has 1 aliphatic rings. The van der Waals surface area contributed by atoms with Crippen LogP contribution in [-0.2, 0) is 9.53 Å². The molecule has 1 rings (SSSR count). The molecule has 0 bridgehead atoms. The summed E-state index contributed by atoms with van der Waals surface area (Å²) in [7, 11) is 0. The Morgan fingerprint density at radius 3 is 2.73 bits per heavy atom. The molecule has 0 saturated carbocycles. The minimum Gasteiger partial charge on any atom is -0.454 e. The van der Waals surface area contributed by atoms with Crippen LogP contribution in [0.1, 0.15) is 33.6 Å². The van der Waals surface area contributed by atoms with E-state index < -0.39 is 5.60 Å². The zero-order valence-corrected chi connectivity index (χ0v) is 10.7. The van der Waals surface area contributed by atoms with Crippen LogP contribution in [0.2, 0.25) is 0 Å². The van der Waals surface area contributed by atoms with Gasteiger partial charge in [-0.25, -0.2) is 0 Å². The maximum absolute atomic E-state index is 11.9. The molecule has 1 atom stereocenters. The Morgan fingerprint density at radius 1 is 1.67 bits per heavy atom. The summed E-state index contributed by atoms with van der Waals surface area (Å²) in [5, 5.41) is 0. The van der Waals surface area contributed by atoms with Gasteiger partial charge in [-0.15, -0.1) is 0 Å². The van der Waals surface area contributed by atoms with Gasteiger partial charge in [-0.1, -0.05) is 13.5 Å². The largest absolute Gasteiger partial charge is 0.454 e. The molecule has 1 unspecified atom stereocenters. The van der Waals surface area contributed by atoms with Crippen LogP contribution in [0.5, 0.6) is 0 Å². The van der Waals surface area contributed by atoms with Crippen molar-refractivity contribution in [3.05, 3.63) is 12.7 Å². The molecule has 0 N–H and O–H groups in total. The number of carbonyl (C=O) groups is 1. The van der Waals surface area contributed by atoms with Gasteiger partial charge in [0.1, 0.15) is 5.60 Å². The van der Waals surface area contributed by atoms with Gasteiger partial charge in [0.2, 0.25) is 0 Å². The lowest BCUT2D eigenvalue weighted by Crippen LogP contribution is -2.38. The molecule has 1 saturated heterocycles. The highest BCUT2D eigenvalue weighted by Gasteiger charge is 2.39. The SMILES string of the molecule is C=CC1(OC(=O)C(C)(C)CC)CCSC1. The van der Waals surface area contributed by atoms with Gasteiger partial charge in [-0.05, 0) is 32.1 Å². The van der Waals surface area contributed by atoms with Crippen LogP contribution in [0.15, 0.2) is 12.7 Å². The van der Waals surface area contributed by atoms with Gasteiger partial charge in [0.05, 0.1) is 5.41 Å². The summed E-state index contributed by atoms with van der Waals surface area (Å²) in [6.07, 6.45) is 3.48. The fraction of sp³-hybridized carbons (Fsp3) is 0.750. The minimum absolute atomic E-state index is 0.104. The molecule has 0 aromatic heterocycles. The Balaban J connectivity index is 2.67. The van der Waals surface area contributed by atoms with Crippen molar-refractivity contribution in [1.82, 2.24) is 0 Å². The number of thioether (sulfide) groups is 1. The fourth-order valence-electron chi connectivity index (χ4n) is 1.31. The first-order valence-corrected chi connectivity index (χ1v) is 6.56. The Kier molecular flexibility index (Phi) is 3.87. The number of ether oxygens (including phenoxy) is 1. The zero-order chi connectivity index (χ0) is 11.5. The Bertz CT molecular complexity index is 252. The van der Waals surface area contributed by atoms with E-state index in [-0.39, 0.29) is 11.4 Å². The summed E-state index contributed by atoms with van der Waals surface area (Å²) < 4.78 is 5.63. The summed E-state index contributed by atoms with van der Waals surface area (Å²) in [6.45, 7) is 9.64. The second-order valence-corrected chi connectivity index (χ2v) is 5.80. The number of rotatable bonds is 4. The van der Waals surface area contributed by atoms with Gasteiger partial charge >= 0.3 is 5.97 Å². The van der Waals surface area contributed by atoms with Gasteiger partial charge < -0.3 is 4.74 Å². The molecular formula is C12H20O2S. The van der Waals surface area contributed by atoms with E-state index >= 15 is 0 Å². The van der Waals surface area contributed by atoms with E-state index in [0.29, 0.717) is 0 Å². The first-order valence-electron chi connectivity index (χ1n) is 5.40. The monoisotopic (exact) mass is 228 g/mol. The van der Waals surface area contributed by atoms with E-state index in [9.17, 15) is 4.79 Å². The maximum atomic E-state index is 11.9. The smallest absolute Gasteiger partial charge is 0.312 e. The summed E-state index contributed by atoms with van der Waals surface area (Å²) in [5.41, 5.74) is -0.794. The Labute approximate surface area is 96.5 Å². The molecule has 3 heteroatoms. The van der Waals surface area contributed by atoms with E-state index in [1.807, 2.05) is 32.5 Å². The fourth-order valence-corrected chi connectivity index (χ4v) is 2.61. The average molecular weight is 228 g/mol. The topological polar surface area (TPSA) is 26.3 Å². The van der Waals surface area contributed by atoms with Crippen molar-refractivity contribution in [3.63, 3.8) is 0 Å². The molecule has 2 nitrogen and oxygen atoms in total. The second kappa shape index (κ2) is 4.60. The summed E-state index contributed by atoms with van der Waals surface area (Å²) >= 11 is 1.82. The molecule has 1 aliphatic heterocycles. The second-order valence-electron chi connectivity index (χ2n) is 4.70. The predicted octanol–water partition coefficient (Wildman–Crippen LogP) is 3.03. The number of hydrogen-bond donors (Lipinski definition) is 0. The molecule has 1 fully saturated rings. The quantitative estimate of drug-likeness (QED) is 0.546. The summed E-state index contributed by atoms with van der Waals surface area (Å²) in [5.74, 6) is 1.79. The van der Waals surface area contributed by atoms with Crippen molar-refractivity contribution in [2.45, 2.75) is 39.2 Å². The van der Waals surface area contributed by atoms with Crippen LogP contribution in [0.3, 0.4) is 0 Å². The number of hydrogen-bond acceptors (Lipinski definition) is 3. The van der Waals surface area contributed by atoms with Crippen molar-refractivity contribution in [1.29, 1.82) is 0 Å². The first kappa shape index (κ1) is 12.6. The molecule has 0 aromatic rings. The molecule has 0 aromatic carbocycles. The van der Waals surface area contributed by atoms with E-state index in [1.54, 1.807) is 6.08 Å². The van der Waals surface area contributed by atoms with Gasteiger partial charge in [-0.3, -0.25) is 4.79 Å². The Morgan fingerprint density at radius 2 is 2.33 bits per heavy atom. The van der Waals surface area contributed by atoms with Crippen molar-refractivity contribution in [2.75, 3.05) is 11.5 Å². The highest BCUT2D eigenvalue weighted by Crippen LogP contribution is 2.35. The molecule has 15 heavy (non-hydrogen) atoms. The van der Waals surface area contributed by atoms with E-state index in [1.165, 1.54) is 0 Å². The predicted molar refractivity (Wildman–Crippen MR) is 65.0 cm³/mol. The van der Waals surface area contributed by atoms with Crippen molar-refractivity contribution in [3.8, 4) is 0 Å². The molecular weight excluding hydrogens is 208 g/mol. The molecule has 1 heterocycles. The van der Waals surface area contributed by atoms with Crippen molar-refractivity contribution < 1.29 is 9.53 Å². The third-order valence-corrected chi connectivity index (χ3v) is 4.31. The van der Waals surface area contributed by atoms with Gasteiger partial charge in [-0.2, -0.15) is 11.8 Å². The molecule has 0 amide bonds. The van der Waals surface area contributed by atoms with Gasteiger partial charge in [0.15, 0.2) is 0 Å². The van der Waals surface area contributed by atoms with Crippen LogP contribution in [0, 0.1) is 5.41 Å². The van der Waals surface area contributed by atoms with Crippen molar-refractivity contribution >= 4 is 17.7 Å². The lowest BCUT2D eigenvalue weighted by molar-refractivity contribution is -0.164. The molecule has 0 radical (unpaired) electrons. The van der Waals surface area contributed by atoms with Crippen LogP contribution in [0.4, 0.5) is 0 Å². The van der Waals surface area contributed by atoms with Crippen LogP contribution in [0.25, 0.3) is 0 Å².